The van der Waals surface area contributed by atoms with Crippen molar-refractivity contribution >= 4 is 0 Å². The van der Waals surface area contributed by atoms with Crippen LogP contribution in [0.15, 0.2) is 85.9 Å². The molecular weight excluding hydrogens is 196 g/mol. The molecule has 0 saturated heterocycles. The van der Waals surface area contributed by atoms with Gasteiger partial charge in [0, 0.05) is 0 Å². The zero-order chi connectivity index (χ0) is 12.2. The molecule has 84 valence electrons. The first-order chi connectivity index (χ1) is 7.78. The number of hydrogen-bond acceptors (Lipinski definition) is 1. The molecular formula is C15H18O. The fourth-order valence-corrected chi connectivity index (χ4v) is 0.943. The summed E-state index contributed by atoms with van der Waals surface area (Å²) in [6, 6.07) is 0. The largest absolute Gasteiger partial charge is 0.457 e. The molecule has 0 bridgehead atoms. The van der Waals surface area contributed by atoms with Crippen LogP contribution in [0.4, 0.5) is 0 Å². The predicted molar refractivity (Wildman–Crippen MR) is 71.8 cm³/mol. The van der Waals surface area contributed by atoms with Crippen LogP contribution in [0.5, 0.6) is 0 Å². The van der Waals surface area contributed by atoms with Gasteiger partial charge in [-0.1, -0.05) is 50.1 Å². The van der Waals surface area contributed by atoms with Gasteiger partial charge in [-0.25, -0.2) is 0 Å². The zero-order valence-corrected chi connectivity index (χ0v) is 9.73. The lowest BCUT2D eigenvalue weighted by molar-refractivity contribution is 0.336. The molecule has 0 saturated carbocycles. The smallest absolute Gasteiger partial charge is 0.127 e. The molecule has 0 heterocycles. The van der Waals surface area contributed by atoms with Crippen LogP contribution in [0.25, 0.3) is 0 Å². The first kappa shape index (κ1) is 14.0. The van der Waals surface area contributed by atoms with E-state index < -0.39 is 0 Å². The molecule has 0 spiro atoms. The second-order valence-electron chi connectivity index (χ2n) is 2.81. The molecule has 1 nitrogen and oxygen atoms in total. The molecule has 0 aliphatic carbocycles. The van der Waals surface area contributed by atoms with Gasteiger partial charge in [-0.3, -0.25) is 0 Å². The Morgan fingerprint density at radius 1 is 0.875 bits per heavy atom. The molecule has 0 aliphatic rings. The molecule has 0 aromatic heterocycles. The summed E-state index contributed by atoms with van der Waals surface area (Å²) in [5, 5.41) is 0. The van der Waals surface area contributed by atoms with E-state index in [0.29, 0.717) is 5.76 Å². The van der Waals surface area contributed by atoms with Crippen LogP contribution in [0, 0.1) is 0 Å². The van der Waals surface area contributed by atoms with E-state index in [2.05, 4.69) is 19.7 Å². The van der Waals surface area contributed by atoms with Crippen molar-refractivity contribution in [2.45, 2.75) is 6.92 Å². The summed E-state index contributed by atoms with van der Waals surface area (Å²) in [6.45, 7) is 12.8. The first-order valence-corrected chi connectivity index (χ1v) is 5.03. The summed E-state index contributed by atoms with van der Waals surface area (Å²) in [7, 11) is 0. The molecule has 0 unspecified atom stereocenters. The van der Waals surface area contributed by atoms with Crippen molar-refractivity contribution in [3.63, 3.8) is 0 Å². The van der Waals surface area contributed by atoms with E-state index >= 15 is 0 Å². The van der Waals surface area contributed by atoms with Gasteiger partial charge in [-0.2, -0.15) is 0 Å². The maximum Gasteiger partial charge on any atom is 0.127 e. The fraction of sp³-hybridized carbons (Fsp3) is 0.0667. The topological polar surface area (TPSA) is 9.23 Å². The van der Waals surface area contributed by atoms with Gasteiger partial charge in [0.2, 0.25) is 0 Å². The molecule has 0 radical (unpaired) electrons. The van der Waals surface area contributed by atoms with Gasteiger partial charge in [-0.05, 0) is 31.2 Å². The third-order valence-corrected chi connectivity index (χ3v) is 1.53. The molecule has 0 N–H and O–H groups in total. The predicted octanol–water partition coefficient (Wildman–Crippen LogP) is 4.46. The van der Waals surface area contributed by atoms with Crippen molar-refractivity contribution in [3.8, 4) is 0 Å². The highest BCUT2D eigenvalue weighted by Crippen LogP contribution is 2.10. The summed E-state index contributed by atoms with van der Waals surface area (Å²) in [5.74, 6) is 1.42. The van der Waals surface area contributed by atoms with E-state index in [4.69, 9.17) is 4.74 Å². The van der Waals surface area contributed by atoms with E-state index in [-0.39, 0.29) is 0 Å². The minimum absolute atomic E-state index is 0.695. The highest BCUT2D eigenvalue weighted by atomic mass is 16.5. The molecule has 0 aromatic carbocycles. The van der Waals surface area contributed by atoms with Gasteiger partial charge >= 0.3 is 0 Å². The van der Waals surface area contributed by atoms with Crippen LogP contribution in [-0.4, -0.2) is 0 Å². The summed E-state index contributed by atoms with van der Waals surface area (Å²) < 4.78 is 5.63. The van der Waals surface area contributed by atoms with Crippen LogP contribution in [0.3, 0.4) is 0 Å². The highest BCUT2D eigenvalue weighted by Gasteiger charge is 1.95. The molecule has 0 aliphatic heterocycles. The Balaban J connectivity index is 4.84. The lowest BCUT2D eigenvalue weighted by Crippen LogP contribution is -1.88. The van der Waals surface area contributed by atoms with E-state index in [0.717, 1.165) is 5.76 Å². The lowest BCUT2D eigenvalue weighted by atomic mass is 10.3. The molecule has 0 atom stereocenters. The van der Waals surface area contributed by atoms with Crippen molar-refractivity contribution in [2.75, 3.05) is 0 Å². The normalized spacial score (nSPS) is 13.1. The lowest BCUT2D eigenvalue weighted by Gasteiger charge is -2.06. The van der Waals surface area contributed by atoms with E-state index in [1.165, 1.54) is 0 Å². The van der Waals surface area contributed by atoms with Gasteiger partial charge in [0.1, 0.15) is 11.5 Å². The maximum absolute atomic E-state index is 5.63. The van der Waals surface area contributed by atoms with Gasteiger partial charge < -0.3 is 4.74 Å². The summed E-state index contributed by atoms with van der Waals surface area (Å²) in [4.78, 5) is 0. The first-order valence-electron chi connectivity index (χ1n) is 5.03. The van der Waals surface area contributed by atoms with Crippen molar-refractivity contribution in [1.29, 1.82) is 0 Å². The van der Waals surface area contributed by atoms with Gasteiger partial charge in [0.25, 0.3) is 0 Å². The number of ether oxygens (including phenoxy) is 1. The van der Waals surface area contributed by atoms with Gasteiger partial charge in [0.15, 0.2) is 0 Å². The summed E-state index contributed by atoms with van der Waals surface area (Å²) in [6.07, 6.45) is 16.0. The molecule has 0 fully saturated rings. The van der Waals surface area contributed by atoms with Crippen LogP contribution < -0.4 is 0 Å². The fourth-order valence-electron chi connectivity index (χ4n) is 0.943. The van der Waals surface area contributed by atoms with Crippen LogP contribution in [-0.2, 0) is 4.74 Å². The summed E-state index contributed by atoms with van der Waals surface area (Å²) >= 11 is 0. The number of rotatable bonds is 7. The van der Waals surface area contributed by atoms with E-state index in [9.17, 15) is 0 Å². The maximum atomic E-state index is 5.63. The van der Waals surface area contributed by atoms with E-state index in [1.54, 1.807) is 36.5 Å². The monoisotopic (exact) mass is 214 g/mol. The summed E-state index contributed by atoms with van der Waals surface area (Å²) in [5.41, 5.74) is 0. The van der Waals surface area contributed by atoms with Crippen molar-refractivity contribution < 1.29 is 4.74 Å². The third-order valence-electron chi connectivity index (χ3n) is 1.53. The minimum atomic E-state index is 0.695. The van der Waals surface area contributed by atoms with Crippen molar-refractivity contribution in [1.82, 2.24) is 0 Å². The van der Waals surface area contributed by atoms with Crippen LogP contribution >= 0.6 is 0 Å². The highest BCUT2D eigenvalue weighted by molar-refractivity contribution is 5.25. The third kappa shape index (κ3) is 6.44. The van der Waals surface area contributed by atoms with Gasteiger partial charge in [0.05, 0.1) is 0 Å². The second kappa shape index (κ2) is 9.53. The quantitative estimate of drug-likeness (QED) is 0.449. The molecule has 1 heteroatoms. The average Bonchev–Trinajstić information content (AvgIpc) is 2.27. The zero-order valence-electron chi connectivity index (χ0n) is 9.73. The SMILES string of the molecule is C=C/C=C\C(=C/C=C)OC(/C=C\C)=C/C=C. The Bertz CT molecular complexity index is 352. The molecule has 0 rings (SSSR count). The minimum Gasteiger partial charge on any atom is -0.457 e. The Morgan fingerprint density at radius 3 is 1.88 bits per heavy atom. The Morgan fingerprint density at radius 2 is 1.44 bits per heavy atom. The molecule has 0 aromatic rings. The van der Waals surface area contributed by atoms with Crippen LogP contribution in [0.1, 0.15) is 6.92 Å². The molecule has 16 heavy (non-hydrogen) atoms. The second-order valence-corrected chi connectivity index (χ2v) is 2.81. The van der Waals surface area contributed by atoms with Crippen LogP contribution in [0.2, 0.25) is 0 Å². The Hall–Kier alpha value is -2.02. The average molecular weight is 214 g/mol. The van der Waals surface area contributed by atoms with Crippen molar-refractivity contribution in [2.24, 2.45) is 0 Å². The van der Waals surface area contributed by atoms with E-state index in [1.807, 2.05) is 25.2 Å². The Labute approximate surface area is 98.1 Å². The number of hydrogen-bond donors (Lipinski definition) is 0. The Kier molecular flexibility index (Phi) is 8.33. The molecule has 0 amide bonds. The van der Waals surface area contributed by atoms with Crippen molar-refractivity contribution in [3.05, 3.63) is 85.9 Å². The standard InChI is InChI=1S/C15H18O/c1-5-9-13-15(12-8-4)16-14(10-6-2)11-7-3/h5-13H,1-2,4H2,3H3/b11-7-,13-9-,14-10+,15-12+. The number of allylic oxidation sites excluding steroid dienone is 9. The van der Waals surface area contributed by atoms with Gasteiger partial charge in [-0.15, -0.1) is 0 Å².